The lowest BCUT2D eigenvalue weighted by Gasteiger charge is -2.04. The maximum atomic E-state index is 11.7. The van der Waals surface area contributed by atoms with Crippen molar-refractivity contribution >= 4 is 28.2 Å². The lowest BCUT2D eigenvalue weighted by atomic mass is 10.3. The summed E-state index contributed by atoms with van der Waals surface area (Å²) in [5.74, 6) is 0. The van der Waals surface area contributed by atoms with Crippen LogP contribution in [-0.2, 0) is 7.05 Å². The molecule has 0 radical (unpaired) electrons. The van der Waals surface area contributed by atoms with Gasteiger partial charge in [-0.2, -0.15) is 10.2 Å². The fraction of sp³-hybridized carbons (Fsp3) is 0.182. The Kier molecular flexibility index (Phi) is 2.51. The van der Waals surface area contributed by atoms with E-state index in [0.29, 0.717) is 0 Å². The number of hydrogen-bond acceptors (Lipinski definition) is 3. The molecular weight excluding hydrogens is 345 g/mol. The SMILES string of the molecule is Cc1nn2c(-c3ccnn3C)cc(=O)[nH]c2c1I. The zero-order chi connectivity index (χ0) is 12.9. The first-order valence-corrected chi connectivity index (χ1v) is 6.42. The molecule has 3 rings (SSSR count). The van der Waals surface area contributed by atoms with Crippen molar-refractivity contribution in [2.24, 2.45) is 7.05 Å². The zero-order valence-electron chi connectivity index (χ0n) is 9.81. The molecule has 0 atom stereocenters. The minimum absolute atomic E-state index is 0.142. The molecule has 0 unspecified atom stereocenters. The van der Waals surface area contributed by atoms with E-state index in [2.05, 4.69) is 37.8 Å². The van der Waals surface area contributed by atoms with E-state index < -0.39 is 0 Å². The number of fused-ring (bicyclic) bond motifs is 1. The molecule has 3 aromatic rings. The van der Waals surface area contributed by atoms with Crippen LogP contribution in [0.1, 0.15) is 5.69 Å². The van der Waals surface area contributed by atoms with Crippen LogP contribution in [0.5, 0.6) is 0 Å². The van der Waals surface area contributed by atoms with Crippen molar-refractivity contribution in [2.75, 3.05) is 0 Å². The quantitative estimate of drug-likeness (QED) is 0.670. The molecular formula is C11H10IN5O. The van der Waals surface area contributed by atoms with Crippen molar-refractivity contribution in [3.63, 3.8) is 0 Å². The molecule has 18 heavy (non-hydrogen) atoms. The van der Waals surface area contributed by atoms with Crippen LogP contribution in [0.25, 0.3) is 17.0 Å². The number of aromatic amines is 1. The molecule has 0 fully saturated rings. The molecule has 0 amide bonds. The third-order valence-corrected chi connectivity index (χ3v) is 4.10. The average molecular weight is 355 g/mol. The van der Waals surface area contributed by atoms with Crippen LogP contribution in [0.3, 0.4) is 0 Å². The molecule has 0 spiro atoms. The minimum atomic E-state index is -0.142. The highest BCUT2D eigenvalue weighted by atomic mass is 127. The standard InChI is InChI=1S/C11H10IN5O/c1-6-10(12)11-14-9(18)5-8(17(11)15-6)7-3-4-13-16(7)2/h3-5H,1-2H3,(H,14,18). The van der Waals surface area contributed by atoms with Crippen molar-refractivity contribution in [1.29, 1.82) is 0 Å². The monoisotopic (exact) mass is 355 g/mol. The normalized spacial score (nSPS) is 11.3. The van der Waals surface area contributed by atoms with E-state index in [4.69, 9.17) is 0 Å². The first-order chi connectivity index (χ1) is 8.58. The van der Waals surface area contributed by atoms with Gasteiger partial charge in [-0.05, 0) is 35.6 Å². The van der Waals surface area contributed by atoms with Crippen molar-refractivity contribution < 1.29 is 0 Å². The van der Waals surface area contributed by atoms with Crippen molar-refractivity contribution in [1.82, 2.24) is 24.4 Å². The highest BCUT2D eigenvalue weighted by Crippen LogP contribution is 2.21. The van der Waals surface area contributed by atoms with E-state index in [1.807, 2.05) is 20.0 Å². The van der Waals surface area contributed by atoms with Crippen LogP contribution in [0.15, 0.2) is 23.1 Å². The second-order valence-corrected chi connectivity index (χ2v) is 5.10. The Morgan fingerprint density at radius 2 is 2.17 bits per heavy atom. The van der Waals surface area contributed by atoms with Gasteiger partial charge in [-0.25, -0.2) is 4.52 Å². The van der Waals surface area contributed by atoms with E-state index in [0.717, 1.165) is 26.3 Å². The molecule has 3 aromatic heterocycles. The van der Waals surface area contributed by atoms with Gasteiger partial charge in [0, 0.05) is 19.3 Å². The molecule has 0 saturated heterocycles. The first-order valence-electron chi connectivity index (χ1n) is 5.34. The second-order valence-electron chi connectivity index (χ2n) is 4.02. The molecule has 0 aromatic carbocycles. The number of aromatic nitrogens is 5. The predicted molar refractivity (Wildman–Crippen MR) is 75.5 cm³/mol. The molecule has 0 aliphatic carbocycles. The van der Waals surface area contributed by atoms with Gasteiger partial charge in [0.25, 0.3) is 5.56 Å². The average Bonchev–Trinajstić information content (AvgIpc) is 2.86. The van der Waals surface area contributed by atoms with Crippen molar-refractivity contribution in [3.05, 3.63) is 37.9 Å². The van der Waals surface area contributed by atoms with Crippen LogP contribution in [0, 0.1) is 10.5 Å². The molecule has 0 saturated carbocycles. The van der Waals surface area contributed by atoms with E-state index in [1.165, 1.54) is 6.07 Å². The topological polar surface area (TPSA) is 68.0 Å². The Morgan fingerprint density at radius 3 is 2.83 bits per heavy atom. The summed E-state index contributed by atoms with van der Waals surface area (Å²) in [6, 6.07) is 3.39. The first kappa shape index (κ1) is 11.5. The van der Waals surface area contributed by atoms with Crippen LogP contribution in [0.4, 0.5) is 0 Å². The fourth-order valence-electron chi connectivity index (χ4n) is 1.94. The molecule has 1 N–H and O–H groups in total. The van der Waals surface area contributed by atoms with Crippen LogP contribution >= 0.6 is 22.6 Å². The Bertz CT molecular complexity index is 797. The third kappa shape index (κ3) is 1.57. The largest absolute Gasteiger partial charge is 0.306 e. The summed E-state index contributed by atoms with van der Waals surface area (Å²) in [7, 11) is 1.84. The molecule has 0 bridgehead atoms. The number of rotatable bonds is 1. The Labute approximate surface area is 116 Å². The highest BCUT2D eigenvalue weighted by Gasteiger charge is 2.14. The molecule has 6 nitrogen and oxygen atoms in total. The molecule has 0 aliphatic heterocycles. The van der Waals surface area contributed by atoms with Crippen LogP contribution in [-0.4, -0.2) is 24.4 Å². The Hall–Kier alpha value is -1.64. The van der Waals surface area contributed by atoms with E-state index in [1.54, 1.807) is 15.4 Å². The lowest BCUT2D eigenvalue weighted by molar-refractivity contribution is 0.766. The Morgan fingerprint density at radius 1 is 1.39 bits per heavy atom. The third-order valence-electron chi connectivity index (χ3n) is 2.81. The van der Waals surface area contributed by atoms with Gasteiger partial charge in [0.05, 0.1) is 20.7 Å². The van der Waals surface area contributed by atoms with Gasteiger partial charge in [-0.3, -0.25) is 9.48 Å². The van der Waals surface area contributed by atoms with Gasteiger partial charge in [0.2, 0.25) is 0 Å². The summed E-state index contributed by atoms with van der Waals surface area (Å²) < 4.78 is 4.42. The summed E-state index contributed by atoms with van der Waals surface area (Å²) in [4.78, 5) is 14.6. The zero-order valence-corrected chi connectivity index (χ0v) is 12.0. The van der Waals surface area contributed by atoms with Gasteiger partial charge < -0.3 is 4.98 Å². The number of H-pyrrole nitrogens is 1. The van der Waals surface area contributed by atoms with E-state index in [-0.39, 0.29) is 5.56 Å². The minimum Gasteiger partial charge on any atom is -0.306 e. The molecule has 7 heteroatoms. The maximum Gasteiger partial charge on any atom is 0.251 e. The summed E-state index contributed by atoms with van der Waals surface area (Å²) in [5.41, 5.74) is 3.05. The number of nitrogens with one attached hydrogen (secondary N) is 1. The van der Waals surface area contributed by atoms with Gasteiger partial charge in [0.1, 0.15) is 0 Å². The van der Waals surface area contributed by atoms with Gasteiger partial charge in [0.15, 0.2) is 5.65 Å². The van der Waals surface area contributed by atoms with Crippen LogP contribution < -0.4 is 5.56 Å². The van der Waals surface area contributed by atoms with Crippen molar-refractivity contribution in [3.8, 4) is 11.4 Å². The molecule has 92 valence electrons. The van der Waals surface area contributed by atoms with E-state index >= 15 is 0 Å². The summed E-state index contributed by atoms with van der Waals surface area (Å²) in [6.07, 6.45) is 1.70. The second kappa shape index (κ2) is 3.94. The Balaban J connectivity index is 2.46. The van der Waals surface area contributed by atoms with Gasteiger partial charge in [-0.15, -0.1) is 0 Å². The van der Waals surface area contributed by atoms with Crippen molar-refractivity contribution in [2.45, 2.75) is 6.92 Å². The lowest BCUT2D eigenvalue weighted by Crippen LogP contribution is -2.11. The van der Waals surface area contributed by atoms with E-state index in [9.17, 15) is 4.79 Å². The smallest absolute Gasteiger partial charge is 0.251 e. The fourth-order valence-corrected chi connectivity index (χ4v) is 2.41. The van der Waals surface area contributed by atoms with Gasteiger partial charge >= 0.3 is 0 Å². The number of hydrogen-bond donors (Lipinski definition) is 1. The predicted octanol–water partition coefficient (Wildman–Crippen LogP) is 1.34. The number of halogens is 1. The van der Waals surface area contributed by atoms with Crippen LogP contribution in [0.2, 0.25) is 0 Å². The maximum absolute atomic E-state index is 11.7. The number of aryl methyl sites for hydroxylation is 2. The highest BCUT2D eigenvalue weighted by molar-refractivity contribution is 14.1. The summed E-state index contributed by atoms with van der Waals surface area (Å²) >= 11 is 2.18. The summed E-state index contributed by atoms with van der Waals surface area (Å²) in [5, 5.41) is 8.57. The van der Waals surface area contributed by atoms with Gasteiger partial charge in [-0.1, -0.05) is 0 Å². The molecule has 3 heterocycles. The summed E-state index contributed by atoms with van der Waals surface area (Å²) in [6.45, 7) is 1.92. The molecule has 0 aliphatic rings. The number of nitrogens with zero attached hydrogens (tertiary/aromatic N) is 4.